The van der Waals surface area contributed by atoms with E-state index in [-0.39, 0.29) is 9.99 Å². The van der Waals surface area contributed by atoms with Crippen LogP contribution in [0.4, 0.5) is 18.9 Å². The lowest BCUT2D eigenvalue weighted by molar-refractivity contribution is -0.385. The van der Waals surface area contributed by atoms with Crippen LogP contribution in [-0.2, 0) is 10.6 Å². The van der Waals surface area contributed by atoms with Gasteiger partial charge in [-0.2, -0.15) is 13.2 Å². The average molecular weight is 331 g/mol. The van der Waals surface area contributed by atoms with Crippen LogP contribution in [0.5, 0.6) is 0 Å². The lowest BCUT2D eigenvalue weighted by Gasteiger charge is -2.10. The summed E-state index contributed by atoms with van der Waals surface area (Å²) in [6.07, 6.45) is -4.55. The second-order valence-electron chi connectivity index (χ2n) is 2.73. The van der Waals surface area contributed by atoms with Crippen LogP contribution in [0, 0.1) is 10.1 Å². The van der Waals surface area contributed by atoms with E-state index in [1.807, 2.05) is 0 Å². The maximum absolute atomic E-state index is 12.5. The summed E-state index contributed by atoms with van der Waals surface area (Å²) < 4.78 is 37.5. The Morgan fingerprint density at radius 2 is 2.00 bits per heavy atom. The van der Waals surface area contributed by atoms with E-state index >= 15 is 0 Å². The van der Waals surface area contributed by atoms with Gasteiger partial charge in [-0.25, -0.2) is 0 Å². The number of nitrogens with zero attached hydrogens (tertiary/aromatic N) is 1. The van der Waals surface area contributed by atoms with Gasteiger partial charge in [0, 0.05) is 16.6 Å². The molecule has 0 saturated heterocycles. The first-order valence-corrected chi connectivity index (χ1v) is 5.29. The van der Waals surface area contributed by atoms with E-state index in [0.717, 1.165) is 12.1 Å². The fourth-order valence-electron chi connectivity index (χ4n) is 1.06. The van der Waals surface area contributed by atoms with E-state index in [0.29, 0.717) is 6.07 Å². The zero-order valence-corrected chi connectivity index (χ0v) is 9.37. The Labute approximate surface area is 96.6 Å². The number of hydrogen-bond donors (Lipinski definition) is 0. The number of alkyl halides is 4. The van der Waals surface area contributed by atoms with Crippen LogP contribution in [0.2, 0.25) is 0 Å². The van der Waals surface area contributed by atoms with Crippen molar-refractivity contribution in [2.75, 3.05) is 0 Å². The van der Waals surface area contributed by atoms with Gasteiger partial charge >= 0.3 is 6.18 Å². The molecule has 0 N–H and O–H groups in total. The van der Waals surface area contributed by atoms with Crippen LogP contribution in [0.1, 0.15) is 11.1 Å². The number of hydrogen-bond acceptors (Lipinski definition) is 2. The Bertz CT molecular complexity index is 392. The molecule has 1 aromatic rings. The quantitative estimate of drug-likeness (QED) is 0.360. The monoisotopic (exact) mass is 331 g/mol. The fraction of sp³-hybridized carbons (Fsp3) is 0.250. The number of non-ortho nitro benzene ring substituents is 1. The van der Waals surface area contributed by atoms with E-state index in [9.17, 15) is 23.3 Å². The highest BCUT2D eigenvalue weighted by Crippen LogP contribution is 2.35. The van der Waals surface area contributed by atoms with Gasteiger partial charge in [0.1, 0.15) is 0 Å². The van der Waals surface area contributed by atoms with Crippen molar-refractivity contribution in [3.63, 3.8) is 0 Å². The number of halogens is 4. The summed E-state index contributed by atoms with van der Waals surface area (Å²) in [6, 6.07) is 2.77. The van der Waals surface area contributed by atoms with E-state index in [4.69, 9.17) is 0 Å². The molecule has 0 spiro atoms. The first-order valence-electron chi connectivity index (χ1n) is 3.76. The molecule has 0 radical (unpaired) electrons. The summed E-state index contributed by atoms with van der Waals surface area (Å²) in [7, 11) is 0. The molecular formula is C8H5F3INO2. The predicted molar refractivity (Wildman–Crippen MR) is 55.8 cm³/mol. The maximum atomic E-state index is 12.5. The Hall–Kier alpha value is -0.860. The third kappa shape index (κ3) is 2.80. The van der Waals surface area contributed by atoms with Gasteiger partial charge in [-0.15, -0.1) is 0 Å². The molecular weight excluding hydrogens is 326 g/mol. The van der Waals surface area contributed by atoms with Gasteiger partial charge in [-0.3, -0.25) is 10.1 Å². The van der Waals surface area contributed by atoms with E-state index in [2.05, 4.69) is 0 Å². The number of nitro benzene ring substituents is 1. The van der Waals surface area contributed by atoms with Gasteiger partial charge in [0.15, 0.2) is 0 Å². The van der Waals surface area contributed by atoms with Gasteiger partial charge in [0.2, 0.25) is 0 Å². The molecule has 1 aromatic carbocycles. The number of benzene rings is 1. The first kappa shape index (κ1) is 12.2. The Balaban J connectivity index is 3.32. The lowest BCUT2D eigenvalue weighted by atomic mass is 10.1. The summed E-state index contributed by atoms with van der Waals surface area (Å²) in [5, 5.41) is 10.3. The largest absolute Gasteiger partial charge is 0.416 e. The average Bonchev–Trinajstić information content (AvgIpc) is 2.15. The highest BCUT2D eigenvalue weighted by atomic mass is 127. The van der Waals surface area contributed by atoms with Gasteiger partial charge in [-0.1, -0.05) is 28.7 Å². The first-order chi connectivity index (χ1) is 6.86. The van der Waals surface area contributed by atoms with Crippen molar-refractivity contribution in [2.45, 2.75) is 10.6 Å². The molecule has 0 atom stereocenters. The molecule has 0 aliphatic heterocycles. The second kappa shape index (κ2) is 4.33. The number of nitro groups is 1. The van der Waals surface area contributed by atoms with Crippen molar-refractivity contribution in [3.05, 3.63) is 39.4 Å². The van der Waals surface area contributed by atoms with Gasteiger partial charge in [0.05, 0.1) is 10.5 Å². The van der Waals surface area contributed by atoms with Crippen LogP contribution < -0.4 is 0 Å². The van der Waals surface area contributed by atoms with Crippen LogP contribution in [0.15, 0.2) is 18.2 Å². The zero-order valence-electron chi connectivity index (χ0n) is 7.21. The molecule has 82 valence electrons. The molecule has 0 saturated carbocycles. The molecule has 0 fully saturated rings. The standard InChI is InChI=1S/C8H5F3INO2/c9-8(10,11)7-3-6(13(14)15)2-1-5(7)4-12/h1-3H,4H2. The minimum Gasteiger partial charge on any atom is -0.258 e. The van der Waals surface area contributed by atoms with E-state index < -0.39 is 22.4 Å². The molecule has 0 amide bonds. The van der Waals surface area contributed by atoms with Crippen molar-refractivity contribution < 1.29 is 18.1 Å². The van der Waals surface area contributed by atoms with Crippen molar-refractivity contribution in [1.29, 1.82) is 0 Å². The summed E-state index contributed by atoms with van der Waals surface area (Å²) in [5.41, 5.74) is -1.43. The third-order valence-corrected chi connectivity index (χ3v) is 2.58. The highest BCUT2D eigenvalue weighted by molar-refractivity contribution is 14.1. The van der Waals surface area contributed by atoms with Crippen LogP contribution >= 0.6 is 22.6 Å². The maximum Gasteiger partial charge on any atom is 0.416 e. The molecule has 0 aliphatic rings. The molecule has 3 nitrogen and oxygen atoms in total. The van der Waals surface area contributed by atoms with Crippen molar-refractivity contribution >= 4 is 28.3 Å². The minimum absolute atomic E-state index is 0.0497. The predicted octanol–water partition coefficient (Wildman–Crippen LogP) is 3.55. The van der Waals surface area contributed by atoms with Crippen molar-refractivity contribution in [3.8, 4) is 0 Å². The summed E-state index contributed by atoms with van der Waals surface area (Å²) >= 11 is 1.78. The molecule has 15 heavy (non-hydrogen) atoms. The summed E-state index contributed by atoms with van der Waals surface area (Å²) in [5.74, 6) is 0. The fourth-order valence-corrected chi connectivity index (χ4v) is 1.72. The van der Waals surface area contributed by atoms with Crippen molar-refractivity contribution in [2.24, 2.45) is 0 Å². The minimum atomic E-state index is -4.55. The van der Waals surface area contributed by atoms with Crippen LogP contribution in [0.3, 0.4) is 0 Å². The second-order valence-corrected chi connectivity index (χ2v) is 3.49. The molecule has 0 aliphatic carbocycles. The normalized spacial score (nSPS) is 11.5. The van der Waals surface area contributed by atoms with E-state index in [1.54, 1.807) is 22.6 Å². The lowest BCUT2D eigenvalue weighted by Crippen LogP contribution is -2.09. The van der Waals surface area contributed by atoms with Gasteiger partial charge in [-0.05, 0) is 5.56 Å². The molecule has 7 heteroatoms. The molecule has 0 unspecified atom stereocenters. The Morgan fingerprint density at radius 3 is 2.40 bits per heavy atom. The smallest absolute Gasteiger partial charge is 0.258 e. The number of rotatable bonds is 2. The van der Waals surface area contributed by atoms with Gasteiger partial charge < -0.3 is 0 Å². The SMILES string of the molecule is O=[N+]([O-])c1ccc(CI)c(C(F)(F)F)c1. The summed E-state index contributed by atoms with van der Waals surface area (Å²) in [4.78, 5) is 9.48. The van der Waals surface area contributed by atoms with E-state index in [1.165, 1.54) is 0 Å². The zero-order chi connectivity index (χ0) is 11.6. The van der Waals surface area contributed by atoms with Crippen LogP contribution in [-0.4, -0.2) is 4.92 Å². The Morgan fingerprint density at radius 1 is 1.40 bits per heavy atom. The van der Waals surface area contributed by atoms with Crippen LogP contribution in [0.25, 0.3) is 0 Å². The molecule has 0 aromatic heterocycles. The van der Waals surface area contributed by atoms with Gasteiger partial charge in [0.25, 0.3) is 5.69 Å². The summed E-state index contributed by atoms with van der Waals surface area (Å²) in [6.45, 7) is 0. The topological polar surface area (TPSA) is 43.1 Å². The third-order valence-electron chi connectivity index (χ3n) is 1.75. The molecule has 0 bridgehead atoms. The van der Waals surface area contributed by atoms with Crippen molar-refractivity contribution in [1.82, 2.24) is 0 Å². The molecule has 1 rings (SSSR count). The Kier molecular flexibility index (Phi) is 3.53. The molecule has 0 heterocycles. The highest BCUT2D eigenvalue weighted by Gasteiger charge is 2.34.